The normalized spacial score (nSPS) is 22.0. The zero-order valence-corrected chi connectivity index (χ0v) is 14.6. The van der Waals surface area contributed by atoms with Crippen molar-refractivity contribution in [1.29, 1.82) is 0 Å². The summed E-state index contributed by atoms with van der Waals surface area (Å²) in [6, 6.07) is 0. The molecule has 0 heterocycles. The Morgan fingerprint density at radius 3 is 2.79 bits per heavy atom. The summed E-state index contributed by atoms with van der Waals surface area (Å²) >= 11 is 0. The highest BCUT2D eigenvalue weighted by Crippen LogP contribution is 2.27. The van der Waals surface area contributed by atoms with E-state index in [2.05, 4.69) is 6.92 Å². The number of aliphatic hydroxyl groups excluding tert-OH is 1. The van der Waals surface area contributed by atoms with Gasteiger partial charge in [-0.3, -0.25) is 9.59 Å². The minimum absolute atomic E-state index is 0.0435. The molecule has 0 aromatic carbocycles. The van der Waals surface area contributed by atoms with Gasteiger partial charge >= 0.3 is 5.97 Å². The molecular weight excluding hydrogens is 304 g/mol. The number of unbranched alkanes of at least 4 members (excludes halogenated alkanes) is 3. The first-order valence-corrected chi connectivity index (χ1v) is 8.99. The van der Waals surface area contributed by atoms with Crippen LogP contribution in [0.25, 0.3) is 0 Å². The van der Waals surface area contributed by atoms with Gasteiger partial charge < -0.3 is 10.2 Å². The highest BCUT2D eigenvalue weighted by atomic mass is 16.4. The van der Waals surface area contributed by atoms with Crippen LogP contribution in [0.15, 0.2) is 36.5 Å². The van der Waals surface area contributed by atoms with Crippen LogP contribution in [-0.4, -0.2) is 28.1 Å². The van der Waals surface area contributed by atoms with Crippen LogP contribution in [0.4, 0.5) is 0 Å². The molecule has 4 nitrogen and oxygen atoms in total. The standard InChI is InChI=1S/C20H30O4/c1-2-3-6-9-17(21)14-12-16-13-15-19(22)18(16)10-7-4-5-8-11-20(23)24/h4,7,12-18,21H,2-3,5-6,8-11H2,1H3,(H,23,24)/b7-4+,14-12+/t16-,17-,18-/m0/s1. The lowest BCUT2D eigenvalue weighted by atomic mass is 9.90. The van der Waals surface area contributed by atoms with Gasteiger partial charge in [0.1, 0.15) is 0 Å². The molecule has 0 saturated heterocycles. The molecule has 0 spiro atoms. The van der Waals surface area contributed by atoms with Crippen molar-refractivity contribution in [3.8, 4) is 0 Å². The predicted molar refractivity (Wildman–Crippen MR) is 95.7 cm³/mol. The number of allylic oxidation sites excluding steroid dienone is 5. The zero-order chi connectivity index (χ0) is 17.8. The van der Waals surface area contributed by atoms with Crippen LogP contribution in [0.5, 0.6) is 0 Å². The average Bonchev–Trinajstić information content (AvgIpc) is 2.89. The van der Waals surface area contributed by atoms with Crippen LogP contribution >= 0.6 is 0 Å². The average molecular weight is 334 g/mol. The molecule has 134 valence electrons. The Morgan fingerprint density at radius 1 is 1.29 bits per heavy atom. The summed E-state index contributed by atoms with van der Waals surface area (Å²) in [5, 5.41) is 18.5. The fourth-order valence-corrected chi connectivity index (χ4v) is 2.81. The maximum absolute atomic E-state index is 12.0. The number of carboxylic acid groups (broad SMARTS) is 1. The Hall–Kier alpha value is -1.68. The summed E-state index contributed by atoms with van der Waals surface area (Å²) in [5.41, 5.74) is 0. The first-order valence-electron chi connectivity index (χ1n) is 8.99. The second-order valence-corrected chi connectivity index (χ2v) is 6.39. The van der Waals surface area contributed by atoms with Gasteiger partial charge in [-0.1, -0.05) is 56.6 Å². The van der Waals surface area contributed by atoms with E-state index in [1.54, 1.807) is 6.08 Å². The first-order chi connectivity index (χ1) is 11.5. The third kappa shape index (κ3) is 8.25. The van der Waals surface area contributed by atoms with Gasteiger partial charge in [-0.05, 0) is 31.8 Å². The predicted octanol–water partition coefficient (Wildman–Crippen LogP) is 4.06. The highest BCUT2D eigenvalue weighted by Gasteiger charge is 2.27. The zero-order valence-electron chi connectivity index (χ0n) is 14.6. The van der Waals surface area contributed by atoms with E-state index in [-0.39, 0.29) is 24.0 Å². The molecule has 0 amide bonds. The summed E-state index contributed by atoms with van der Waals surface area (Å²) in [4.78, 5) is 22.4. The summed E-state index contributed by atoms with van der Waals surface area (Å²) in [7, 11) is 0. The molecule has 0 unspecified atom stereocenters. The summed E-state index contributed by atoms with van der Waals surface area (Å²) in [6.07, 6.45) is 17.0. The van der Waals surface area contributed by atoms with E-state index in [0.717, 1.165) is 32.1 Å². The molecule has 0 saturated carbocycles. The minimum atomic E-state index is -0.777. The van der Waals surface area contributed by atoms with E-state index in [0.29, 0.717) is 12.8 Å². The smallest absolute Gasteiger partial charge is 0.303 e. The molecule has 4 heteroatoms. The fraction of sp³-hybridized carbons (Fsp3) is 0.600. The molecule has 1 aliphatic rings. The molecule has 0 aromatic heterocycles. The third-order valence-electron chi connectivity index (χ3n) is 4.29. The van der Waals surface area contributed by atoms with Crippen molar-refractivity contribution in [2.24, 2.45) is 11.8 Å². The summed E-state index contributed by atoms with van der Waals surface area (Å²) < 4.78 is 0. The monoisotopic (exact) mass is 334 g/mol. The summed E-state index contributed by atoms with van der Waals surface area (Å²) in [6.45, 7) is 2.14. The Kier molecular flexibility index (Phi) is 10.0. The third-order valence-corrected chi connectivity index (χ3v) is 4.29. The molecule has 0 radical (unpaired) electrons. The molecule has 3 atom stereocenters. The fourth-order valence-electron chi connectivity index (χ4n) is 2.81. The van der Waals surface area contributed by atoms with Crippen LogP contribution < -0.4 is 0 Å². The molecule has 0 bridgehead atoms. The number of aliphatic carboxylic acids is 1. The van der Waals surface area contributed by atoms with Crippen LogP contribution in [0.2, 0.25) is 0 Å². The Bertz CT molecular complexity index is 476. The van der Waals surface area contributed by atoms with Gasteiger partial charge in [0, 0.05) is 18.3 Å². The summed E-state index contributed by atoms with van der Waals surface area (Å²) in [5.74, 6) is -0.705. The molecule has 1 rings (SSSR count). The molecular formula is C20H30O4. The van der Waals surface area contributed by atoms with Gasteiger partial charge in [0.2, 0.25) is 0 Å². The minimum Gasteiger partial charge on any atom is -0.481 e. The lowest BCUT2D eigenvalue weighted by Gasteiger charge is -2.13. The van der Waals surface area contributed by atoms with E-state index in [1.165, 1.54) is 0 Å². The van der Waals surface area contributed by atoms with Crippen molar-refractivity contribution in [2.75, 3.05) is 0 Å². The number of hydrogen-bond donors (Lipinski definition) is 2. The maximum atomic E-state index is 12.0. The Balaban J connectivity index is 2.38. The number of rotatable bonds is 12. The van der Waals surface area contributed by atoms with E-state index < -0.39 is 12.1 Å². The van der Waals surface area contributed by atoms with Crippen LogP contribution in [0.3, 0.4) is 0 Å². The molecule has 0 aromatic rings. The Labute approximate surface area is 145 Å². The molecule has 0 aliphatic heterocycles. The number of carbonyl (C=O) groups is 2. The number of ketones is 1. The highest BCUT2D eigenvalue weighted by molar-refractivity contribution is 5.95. The van der Waals surface area contributed by atoms with E-state index in [1.807, 2.05) is 30.4 Å². The van der Waals surface area contributed by atoms with Gasteiger partial charge in [0.05, 0.1) is 6.10 Å². The van der Waals surface area contributed by atoms with Gasteiger partial charge in [-0.2, -0.15) is 0 Å². The van der Waals surface area contributed by atoms with Crippen molar-refractivity contribution >= 4 is 11.8 Å². The van der Waals surface area contributed by atoms with Gasteiger partial charge in [0.15, 0.2) is 5.78 Å². The van der Waals surface area contributed by atoms with E-state index in [9.17, 15) is 14.7 Å². The first kappa shape index (κ1) is 20.4. The van der Waals surface area contributed by atoms with Gasteiger partial charge in [-0.15, -0.1) is 0 Å². The maximum Gasteiger partial charge on any atom is 0.303 e. The number of carbonyl (C=O) groups excluding carboxylic acids is 1. The lowest BCUT2D eigenvalue weighted by molar-refractivity contribution is -0.137. The van der Waals surface area contributed by atoms with Crippen molar-refractivity contribution in [2.45, 2.75) is 64.4 Å². The number of carboxylic acids is 1. The van der Waals surface area contributed by atoms with Crippen molar-refractivity contribution in [1.82, 2.24) is 0 Å². The van der Waals surface area contributed by atoms with Crippen LogP contribution in [0.1, 0.15) is 58.3 Å². The van der Waals surface area contributed by atoms with E-state index >= 15 is 0 Å². The van der Waals surface area contributed by atoms with Crippen molar-refractivity contribution < 1.29 is 19.8 Å². The molecule has 0 fully saturated rings. The topological polar surface area (TPSA) is 74.6 Å². The molecule has 24 heavy (non-hydrogen) atoms. The van der Waals surface area contributed by atoms with Crippen molar-refractivity contribution in [3.63, 3.8) is 0 Å². The SMILES string of the molecule is CCCCC[C@H](O)/C=C/[C@H]1C=CC(=O)[C@H]1C/C=C/CCCC(=O)O. The number of hydrogen-bond acceptors (Lipinski definition) is 3. The second-order valence-electron chi connectivity index (χ2n) is 6.39. The number of aliphatic hydroxyl groups is 1. The Morgan fingerprint density at radius 2 is 2.08 bits per heavy atom. The van der Waals surface area contributed by atoms with Crippen LogP contribution in [0, 0.1) is 11.8 Å². The largest absolute Gasteiger partial charge is 0.481 e. The second kappa shape index (κ2) is 11.8. The van der Waals surface area contributed by atoms with Gasteiger partial charge in [0.25, 0.3) is 0 Å². The lowest BCUT2D eigenvalue weighted by Crippen LogP contribution is -2.14. The van der Waals surface area contributed by atoms with Crippen molar-refractivity contribution in [3.05, 3.63) is 36.5 Å². The quantitative estimate of drug-likeness (QED) is 0.417. The molecule has 1 aliphatic carbocycles. The van der Waals surface area contributed by atoms with Crippen LogP contribution in [-0.2, 0) is 9.59 Å². The van der Waals surface area contributed by atoms with Gasteiger partial charge in [-0.25, -0.2) is 0 Å². The van der Waals surface area contributed by atoms with E-state index in [4.69, 9.17) is 5.11 Å². The molecule has 2 N–H and O–H groups in total.